The molecule has 0 saturated heterocycles. The molecule has 0 N–H and O–H groups in total. The number of hydrogen-bond donors (Lipinski definition) is 0. The average Bonchev–Trinajstić information content (AvgIpc) is 2.52. The molecule has 0 spiro atoms. The van der Waals surface area contributed by atoms with Crippen molar-refractivity contribution in [3.05, 3.63) is 64.7 Å². The second kappa shape index (κ2) is 8.21. The highest BCUT2D eigenvalue weighted by molar-refractivity contribution is 8.09. The quantitative estimate of drug-likeness (QED) is 0.418. The van der Waals surface area contributed by atoms with E-state index in [-0.39, 0.29) is 0 Å². The number of halogens is 2. The van der Waals surface area contributed by atoms with Crippen molar-refractivity contribution in [3.63, 3.8) is 0 Å². The summed E-state index contributed by atoms with van der Waals surface area (Å²) in [5, 5.41) is 1.11. The Bertz CT molecular complexity index is 693. The van der Waals surface area contributed by atoms with E-state index < -0.39 is 6.63 Å². The second-order valence-corrected chi connectivity index (χ2v) is 9.62. The molecule has 2 aromatic carbocycles. The summed E-state index contributed by atoms with van der Waals surface area (Å²) in [4.78, 5) is 0. The molecule has 0 saturated carbocycles. The van der Waals surface area contributed by atoms with Crippen molar-refractivity contribution in [2.45, 2.75) is 39.5 Å². The maximum absolute atomic E-state index is 6.32. The van der Waals surface area contributed by atoms with Crippen LogP contribution in [0.1, 0.15) is 61.8 Å². The second-order valence-electron chi connectivity index (χ2n) is 6.16. The van der Waals surface area contributed by atoms with Gasteiger partial charge in [0.25, 0.3) is 0 Å². The van der Waals surface area contributed by atoms with Crippen molar-refractivity contribution in [1.82, 2.24) is 0 Å². The molecule has 0 atom stereocenters. The molecule has 23 heavy (non-hydrogen) atoms. The largest absolute Gasteiger partial charge is 0.117 e. The van der Waals surface area contributed by atoms with Crippen molar-refractivity contribution in [2.75, 3.05) is 0 Å². The SMILES string of the molecule is CC(C)c1cc(C#Cc2ccccc2)cc(C(C)C)c1P(Cl)Cl. The summed E-state index contributed by atoms with van der Waals surface area (Å²) in [6, 6.07) is 14.3. The summed E-state index contributed by atoms with van der Waals surface area (Å²) in [7, 11) is 0. The fourth-order valence-corrected chi connectivity index (χ4v) is 4.70. The van der Waals surface area contributed by atoms with Gasteiger partial charge in [-0.2, -0.15) is 0 Å². The van der Waals surface area contributed by atoms with Gasteiger partial charge in [0.05, 0.1) is 0 Å². The summed E-state index contributed by atoms with van der Waals surface area (Å²) in [6.45, 7) is 7.51. The van der Waals surface area contributed by atoms with E-state index in [1.807, 2.05) is 30.3 Å². The van der Waals surface area contributed by atoms with Crippen molar-refractivity contribution in [2.24, 2.45) is 0 Å². The molecule has 2 aromatic rings. The maximum Gasteiger partial charge on any atom is 0.117 e. The molecule has 0 amide bonds. The zero-order valence-corrected chi connectivity index (χ0v) is 16.3. The van der Waals surface area contributed by atoms with Crippen LogP contribution in [0.15, 0.2) is 42.5 Å². The summed E-state index contributed by atoms with van der Waals surface area (Å²) < 4.78 is 0. The fraction of sp³-hybridized carbons (Fsp3) is 0.300. The average molecular weight is 363 g/mol. The van der Waals surface area contributed by atoms with Crippen LogP contribution in [0.25, 0.3) is 0 Å². The van der Waals surface area contributed by atoms with Gasteiger partial charge < -0.3 is 0 Å². The Morgan fingerprint density at radius 3 is 1.70 bits per heavy atom. The van der Waals surface area contributed by atoms with Crippen molar-refractivity contribution in [3.8, 4) is 11.8 Å². The molecule has 0 nitrogen and oxygen atoms in total. The molecule has 0 radical (unpaired) electrons. The molecular formula is C20H21Cl2P. The first-order valence-electron chi connectivity index (χ1n) is 7.76. The maximum atomic E-state index is 6.32. The first-order valence-corrected chi connectivity index (χ1v) is 10.9. The third-order valence-corrected chi connectivity index (χ3v) is 5.58. The molecule has 0 aliphatic rings. The molecule has 0 heterocycles. The van der Waals surface area contributed by atoms with Crippen LogP contribution in [-0.4, -0.2) is 0 Å². The van der Waals surface area contributed by atoms with Gasteiger partial charge >= 0.3 is 0 Å². The predicted octanol–water partition coefficient (Wildman–Crippen LogP) is 6.75. The summed E-state index contributed by atoms with van der Waals surface area (Å²) in [6.07, 6.45) is 0. The third kappa shape index (κ3) is 4.74. The van der Waals surface area contributed by atoms with Crippen LogP contribution in [-0.2, 0) is 0 Å². The molecule has 0 bridgehead atoms. The van der Waals surface area contributed by atoms with Crippen molar-refractivity contribution < 1.29 is 0 Å². The lowest BCUT2D eigenvalue weighted by molar-refractivity contribution is 0.845. The van der Waals surface area contributed by atoms with Crippen LogP contribution < -0.4 is 5.30 Å². The zero-order valence-electron chi connectivity index (χ0n) is 13.9. The van der Waals surface area contributed by atoms with Gasteiger partial charge in [0.2, 0.25) is 0 Å². The van der Waals surface area contributed by atoms with E-state index in [2.05, 4.69) is 51.7 Å². The molecular weight excluding hydrogens is 342 g/mol. The van der Waals surface area contributed by atoms with Crippen LogP contribution in [0, 0.1) is 11.8 Å². The van der Waals surface area contributed by atoms with Gasteiger partial charge in [-0.1, -0.05) is 80.2 Å². The monoisotopic (exact) mass is 362 g/mol. The van der Waals surface area contributed by atoms with E-state index >= 15 is 0 Å². The van der Waals surface area contributed by atoms with Gasteiger partial charge in [0.15, 0.2) is 0 Å². The van der Waals surface area contributed by atoms with Gasteiger partial charge in [0, 0.05) is 16.4 Å². The summed E-state index contributed by atoms with van der Waals surface area (Å²) >= 11 is 12.6. The Morgan fingerprint density at radius 1 is 0.783 bits per heavy atom. The number of hydrogen-bond acceptors (Lipinski definition) is 0. The number of benzene rings is 2. The third-order valence-electron chi connectivity index (χ3n) is 3.71. The van der Waals surface area contributed by atoms with Gasteiger partial charge in [-0.3, -0.25) is 0 Å². The normalized spacial score (nSPS) is 11.0. The highest BCUT2D eigenvalue weighted by Gasteiger charge is 2.20. The molecule has 120 valence electrons. The zero-order chi connectivity index (χ0) is 17.0. The number of rotatable bonds is 3. The van der Waals surface area contributed by atoms with E-state index in [4.69, 9.17) is 22.5 Å². The lowest BCUT2D eigenvalue weighted by Crippen LogP contribution is -2.15. The van der Waals surface area contributed by atoms with Gasteiger partial charge in [-0.05, 0) is 47.2 Å². The van der Waals surface area contributed by atoms with E-state index in [0.717, 1.165) is 16.4 Å². The molecule has 0 aromatic heterocycles. The Morgan fingerprint density at radius 2 is 1.26 bits per heavy atom. The van der Waals surface area contributed by atoms with E-state index in [9.17, 15) is 0 Å². The molecule has 0 fully saturated rings. The van der Waals surface area contributed by atoms with E-state index in [1.165, 1.54) is 11.1 Å². The molecule has 3 heteroatoms. The highest BCUT2D eigenvalue weighted by atomic mass is 35.9. The highest BCUT2D eigenvalue weighted by Crippen LogP contribution is 2.49. The minimum absolute atomic E-state index is 0.364. The van der Waals surface area contributed by atoms with E-state index in [1.54, 1.807) is 0 Å². The molecule has 2 rings (SSSR count). The Kier molecular flexibility index (Phi) is 6.55. The molecule has 0 aliphatic heterocycles. The molecule has 0 aliphatic carbocycles. The Labute approximate surface area is 150 Å². The smallest absolute Gasteiger partial charge is 0.0727 e. The standard InChI is InChI=1S/C20H21Cl2P/c1-14(2)18-12-17(11-10-16-8-6-5-7-9-16)13-19(15(3)4)20(18)23(21)22/h5-9,12-15H,1-4H3. The lowest BCUT2D eigenvalue weighted by Gasteiger charge is -2.20. The van der Waals surface area contributed by atoms with Crippen LogP contribution in [0.4, 0.5) is 0 Å². The van der Waals surface area contributed by atoms with Crippen LogP contribution >= 0.6 is 29.1 Å². The first-order chi connectivity index (χ1) is 10.9. The molecule has 0 unspecified atom stereocenters. The van der Waals surface area contributed by atoms with Crippen LogP contribution in [0.2, 0.25) is 0 Å². The van der Waals surface area contributed by atoms with Gasteiger partial charge in [-0.15, -0.1) is 0 Å². The lowest BCUT2D eigenvalue weighted by atomic mass is 9.93. The minimum Gasteiger partial charge on any atom is -0.0727 e. The predicted molar refractivity (Wildman–Crippen MR) is 105 cm³/mol. The summed E-state index contributed by atoms with van der Waals surface area (Å²) in [5.41, 5.74) is 4.47. The Hall–Kier alpha value is -0.990. The van der Waals surface area contributed by atoms with Crippen molar-refractivity contribution in [1.29, 1.82) is 0 Å². The van der Waals surface area contributed by atoms with Gasteiger partial charge in [0.1, 0.15) is 6.63 Å². The Balaban J connectivity index is 2.56. The van der Waals surface area contributed by atoms with E-state index in [0.29, 0.717) is 11.8 Å². The first kappa shape index (κ1) is 18.4. The topological polar surface area (TPSA) is 0 Å². The van der Waals surface area contributed by atoms with Gasteiger partial charge in [-0.25, -0.2) is 0 Å². The minimum atomic E-state index is -1.17. The summed E-state index contributed by atoms with van der Waals surface area (Å²) in [5.74, 6) is 7.25. The van der Waals surface area contributed by atoms with Crippen molar-refractivity contribution >= 4 is 34.4 Å². The van der Waals surface area contributed by atoms with Crippen LogP contribution in [0.3, 0.4) is 0 Å². The van der Waals surface area contributed by atoms with Crippen LogP contribution in [0.5, 0.6) is 0 Å². The fourth-order valence-electron chi connectivity index (χ4n) is 2.49.